The van der Waals surface area contributed by atoms with E-state index in [1.165, 1.54) is 24.1 Å². The topological polar surface area (TPSA) is 3.24 Å². The van der Waals surface area contributed by atoms with E-state index in [0.717, 1.165) is 0 Å². The summed E-state index contributed by atoms with van der Waals surface area (Å²) in [5.41, 5.74) is 2.72. The third kappa shape index (κ3) is 1.63. The molecule has 0 aliphatic carbocycles. The fourth-order valence-electron chi connectivity index (χ4n) is 2.42. The fraction of sp³-hybridized carbons (Fsp3) is 0.538. The van der Waals surface area contributed by atoms with Crippen molar-refractivity contribution in [2.24, 2.45) is 0 Å². The van der Waals surface area contributed by atoms with Crippen LogP contribution in [0.15, 0.2) is 24.3 Å². The maximum atomic E-state index is 2.54. The molecule has 2 unspecified atom stereocenters. The van der Waals surface area contributed by atoms with Gasteiger partial charge in [-0.3, -0.25) is 0 Å². The molecule has 1 nitrogen and oxygen atoms in total. The van der Waals surface area contributed by atoms with E-state index < -0.39 is 0 Å². The highest BCUT2D eigenvalue weighted by atomic mass is 15.2. The number of hydrogen-bond donors (Lipinski definition) is 0. The molecule has 1 aliphatic heterocycles. The number of benzene rings is 1. The summed E-state index contributed by atoms with van der Waals surface area (Å²) in [4.78, 5) is 2.54. The van der Waals surface area contributed by atoms with Crippen molar-refractivity contribution in [1.29, 1.82) is 0 Å². The Morgan fingerprint density at radius 3 is 2.00 bits per heavy atom. The van der Waals surface area contributed by atoms with Crippen molar-refractivity contribution in [2.45, 2.75) is 45.7 Å². The van der Waals surface area contributed by atoms with E-state index >= 15 is 0 Å². The molecular weight excluding hydrogens is 170 g/mol. The van der Waals surface area contributed by atoms with E-state index in [9.17, 15) is 0 Å². The van der Waals surface area contributed by atoms with Gasteiger partial charge in [-0.2, -0.15) is 0 Å². The highest BCUT2D eigenvalue weighted by molar-refractivity contribution is 5.50. The molecule has 1 saturated heterocycles. The zero-order valence-electron chi connectivity index (χ0n) is 9.33. The van der Waals surface area contributed by atoms with Crippen molar-refractivity contribution >= 4 is 5.69 Å². The molecule has 1 aromatic carbocycles. The first kappa shape index (κ1) is 9.57. The van der Waals surface area contributed by atoms with Gasteiger partial charge in [-0.05, 0) is 45.7 Å². The van der Waals surface area contributed by atoms with Crippen molar-refractivity contribution < 1.29 is 0 Å². The van der Waals surface area contributed by atoms with Crippen LogP contribution in [0.1, 0.15) is 32.3 Å². The maximum Gasteiger partial charge on any atom is 0.0371 e. The molecule has 0 radical (unpaired) electrons. The van der Waals surface area contributed by atoms with Crippen LogP contribution < -0.4 is 4.90 Å². The van der Waals surface area contributed by atoms with E-state index in [4.69, 9.17) is 0 Å². The second-order valence-electron chi connectivity index (χ2n) is 4.52. The average molecular weight is 189 g/mol. The van der Waals surface area contributed by atoms with Crippen LogP contribution in [0.4, 0.5) is 5.69 Å². The first-order valence-corrected chi connectivity index (χ1v) is 5.53. The van der Waals surface area contributed by atoms with Crippen LogP contribution in [0.5, 0.6) is 0 Å². The van der Waals surface area contributed by atoms with Crippen LogP contribution in [0.3, 0.4) is 0 Å². The summed E-state index contributed by atoms with van der Waals surface area (Å²) in [5, 5.41) is 0. The summed E-state index contributed by atoms with van der Waals surface area (Å²) in [6, 6.07) is 10.3. The minimum absolute atomic E-state index is 0.702. The molecular formula is C13H19N. The minimum atomic E-state index is 0.702. The standard InChI is InChI=1S/C13H19N/c1-10-4-8-13(9-5-10)14-11(2)6-7-12(14)3/h4-5,8-9,11-12H,6-7H2,1-3H3. The molecule has 2 rings (SSSR count). The number of nitrogens with zero attached hydrogens (tertiary/aromatic N) is 1. The van der Waals surface area contributed by atoms with Crippen molar-refractivity contribution in [2.75, 3.05) is 4.90 Å². The van der Waals surface area contributed by atoms with E-state index in [2.05, 4.69) is 49.9 Å². The molecule has 0 saturated carbocycles. The van der Waals surface area contributed by atoms with Crippen molar-refractivity contribution in [3.05, 3.63) is 29.8 Å². The van der Waals surface area contributed by atoms with Gasteiger partial charge in [0.25, 0.3) is 0 Å². The van der Waals surface area contributed by atoms with E-state index in [1.807, 2.05) is 0 Å². The Balaban J connectivity index is 2.25. The van der Waals surface area contributed by atoms with Crippen LogP contribution in [-0.2, 0) is 0 Å². The minimum Gasteiger partial charge on any atom is -0.366 e. The predicted octanol–water partition coefficient (Wildman–Crippen LogP) is 3.37. The Morgan fingerprint density at radius 2 is 1.50 bits per heavy atom. The zero-order chi connectivity index (χ0) is 10.1. The highest BCUT2D eigenvalue weighted by Crippen LogP contribution is 2.29. The fourth-order valence-corrected chi connectivity index (χ4v) is 2.42. The van der Waals surface area contributed by atoms with Crippen LogP contribution in [-0.4, -0.2) is 12.1 Å². The number of aryl methyl sites for hydroxylation is 1. The second-order valence-corrected chi connectivity index (χ2v) is 4.52. The summed E-state index contributed by atoms with van der Waals surface area (Å²) in [6.45, 7) is 6.79. The first-order chi connectivity index (χ1) is 6.68. The molecule has 0 aromatic heterocycles. The molecule has 0 amide bonds. The van der Waals surface area contributed by atoms with E-state index in [-0.39, 0.29) is 0 Å². The van der Waals surface area contributed by atoms with Gasteiger partial charge in [0, 0.05) is 17.8 Å². The quantitative estimate of drug-likeness (QED) is 0.654. The highest BCUT2D eigenvalue weighted by Gasteiger charge is 2.26. The molecule has 0 N–H and O–H groups in total. The van der Waals surface area contributed by atoms with Gasteiger partial charge >= 0.3 is 0 Å². The molecule has 76 valence electrons. The van der Waals surface area contributed by atoms with Gasteiger partial charge in [-0.1, -0.05) is 17.7 Å². The molecule has 1 heterocycles. The Bertz CT molecular complexity index is 292. The molecule has 14 heavy (non-hydrogen) atoms. The molecule has 2 atom stereocenters. The van der Waals surface area contributed by atoms with Gasteiger partial charge in [0.1, 0.15) is 0 Å². The first-order valence-electron chi connectivity index (χ1n) is 5.53. The van der Waals surface area contributed by atoms with Gasteiger partial charge < -0.3 is 4.90 Å². The van der Waals surface area contributed by atoms with Crippen molar-refractivity contribution in [3.63, 3.8) is 0 Å². The van der Waals surface area contributed by atoms with Gasteiger partial charge in [-0.15, -0.1) is 0 Å². The summed E-state index contributed by atoms with van der Waals surface area (Å²) in [7, 11) is 0. The van der Waals surface area contributed by atoms with Gasteiger partial charge in [0.05, 0.1) is 0 Å². The molecule has 1 heteroatoms. The summed E-state index contributed by atoms with van der Waals surface area (Å²) in [5.74, 6) is 0. The number of rotatable bonds is 1. The lowest BCUT2D eigenvalue weighted by Gasteiger charge is -2.28. The van der Waals surface area contributed by atoms with Crippen LogP contribution in [0, 0.1) is 6.92 Å². The molecule has 1 fully saturated rings. The summed E-state index contributed by atoms with van der Waals surface area (Å²) in [6.07, 6.45) is 2.66. The van der Waals surface area contributed by atoms with E-state index in [0.29, 0.717) is 12.1 Å². The Morgan fingerprint density at radius 1 is 1.00 bits per heavy atom. The summed E-state index contributed by atoms with van der Waals surface area (Å²) < 4.78 is 0. The van der Waals surface area contributed by atoms with Gasteiger partial charge in [0.15, 0.2) is 0 Å². The Labute approximate surface area is 86.7 Å². The smallest absolute Gasteiger partial charge is 0.0371 e. The largest absolute Gasteiger partial charge is 0.366 e. The number of anilines is 1. The summed E-state index contributed by atoms with van der Waals surface area (Å²) >= 11 is 0. The SMILES string of the molecule is Cc1ccc(N2C(C)CCC2C)cc1. The third-order valence-corrected chi connectivity index (χ3v) is 3.28. The molecule has 1 aliphatic rings. The lowest BCUT2D eigenvalue weighted by atomic mass is 10.2. The maximum absolute atomic E-state index is 2.54. The molecule has 0 spiro atoms. The van der Waals surface area contributed by atoms with Crippen LogP contribution in [0.25, 0.3) is 0 Å². The predicted molar refractivity (Wildman–Crippen MR) is 61.8 cm³/mol. The van der Waals surface area contributed by atoms with Crippen LogP contribution >= 0.6 is 0 Å². The molecule has 1 aromatic rings. The molecule has 0 bridgehead atoms. The third-order valence-electron chi connectivity index (χ3n) is 3.28. The van der Waals surface area contributed by atoms with Crippen molar-refractivity contribution in [1.82, 2.24) is 0 Å². The normalized spacial score (nSPS) is 26.9. The van der Waals surface area contributed by atoms with E-state index in [1.54, 1.807) is 0 Å². The van der Waals surface area contributed by atoms with Crippen molar-refractivity contribution in [3.8, 4) is 0 Å². The van der Waals surface area contributed by atoms with Crippen LogP contribution in [0.2, 0.25) is 0 Å². The number of hydrogen-bond acceptors (Lipinski definition) is 1. The average Bonchev–Trinajstić information content (AvgIpc) is 2.49. The Hall–Kier alpha value is -0.980. The monoisotopic (exact) mass is 189 g/mol. The zero-order valence-corrected chi connectivity index (χ0v) is 9.33. The van der Waals surface area contributed by atoms with Gasteiger partial charge in [-0.25, -0.2) is 0 Å². The lowest BCUT2D eigenvalue weighted by Crippen LogP contribution is -2.32. The Kier molecular flexibility index (Phi) is 2.49. The lowest BCUT2D eigenvalue weighted by molar-refractivity contribution is 0.694. The van der Waals surface area contributed by atoms with Gasteiger partial charge in [0.2, 0.25) is 0 Å². The second kappa shape index (κ2) is 3.64.